The number of hydrogen-bond donors (Lipinski definition) is 2. The maximum Gasteiger partial charge on any atom is 0.308 e. The Hall–Kier alpha value is -1.13. The Kier molecular flexibility index (Phi) is 18.3. The molecule has 4 nitrogen and oxygen atoms in total. The van der Waals surface area contributed by atoms with Crippen molar-refractivity contribution in [2.75, 3.05) is 6.61 Å². The lowest BCUT2D eigenvalue weighted by Crippen LogP contribution is -2.18. The van der Waals surface area contributed by atoms with Crippen molar-refractivity contribution < 1.29 is 19.7 Å². The first kappa shape index (κ1) is 23.9. The summed E-state index contributed by atoms with van der Waals surface area (Å²) in [6.07, 6.45) is 20.9. The van der Waals surface area contributed by atoms with Crippen LogP contribution < -0.4 is 0 Å². The zero-order valence-corrected chi connectivity index (χ0v) is 16.0. The minimum Gasteiger partial charge on any atom is -0.436 e. The normalized spacial score (nSPS) is 12.9. The molecule has 0 aromatic rings. The second-order valence-corrected chi connectivity index (χ2v) is 6.44. The molecule has 25 heavy (non-hydrogen) atoms. The van der Waals surface area contributed by atoms with Crippen molar-refractivity contribution in [3.63, 3.8) is 0 Å². The van der Waals surface area contributed by atoms with Crippen LogP contribution in [0, 0.1) is 0 Å². The van der Waals surface area contributed by atoms with E-state index in [-0.39, 0.29) is 19.0 Å². The van der Waals surface area contributed by atoms with Gasteiger partial charge in [0.15, 0.2) is 0 Å². The standard InChI is InChI=1S/C21H38O4/c1-2-3-4-5-6-7-8-9-10-11-12-13-14-15-16-17-20(23)25-21(24)18-19-22/h6-7,9-10,21-22,24H,2-5,8,11-19H2,1H3/b7-6-,10-9-. The predicted octanol–water partition coefficient (Wildman–Crippen LogP) is 5.04. The van der Waals surface area contributed by atoms with Crippen LogP contribution in [0.25, 0.3) is 0 Å². The molecule has 0 radical (unpaired) electrons. The van der Waals surface area contributed by atoms with Gasteiger partial charge in [0.05, 0.1) is 0 Å². The first-order valence-corrected chi connectivity index (χ1v) is 9.99. The number of hydrogen-bond acceptors (Lipinski definition) is 4. The molecule has 1 atom stereocenters. The number of allylic oxidation sites excluding steroid dienone is 4. The third kappa shape index (κ3) is 19.0. The van der Waals surface area contributed by atoms with Gasteiger partial charge in [0, 0.05) is 19.4 Å². The van der Waals surface area contributed by atoms with Crippen LogP contribution in [0.15, 0.2) is 24.3 Å². The Balaban J connectivity index is 3.33. The number of aliphatic hydroxyl groups is 2. The van der Waals surface area contributed by atoms with E-state index in [1.54, 1.807) is 0 Å². The van der Waals surface area contributed by atoms with Crippen molar-refractivity contribution in [2.24, 2.45) is 0 Å². The number of unbranched alkanes of at least 4 members (excludes halogenated alkanes) is 8. The number of rotatable bonds is 17. The van der Waals surface area contributed by atoms with E-state index in [2.05, 4.69) is 31.2 Å². The average Bonchev–Trinajstić information content (AvgIpc) is 2.58. The first-order chi connectivity index (χ1) is 12.2. The van der Waals surface area contributed by atoms with Crippen LogP contribution in [0.1, 0.15) is 90.4 Å². The molecule has 1 unspecified atom stereocenters. The van der Waals surface area contributed by atoms with E-state index in [9.17, 15) is 9.90 Å². The van der Waals surface area contributed by atoms with Gasteiger partial charge in [-0.25, -0.2) is 0 Å². The molecule has 0 fully saturated rings. The van der Waals surface area contributed by atoms with Gasteiger partial charge in [0.1, 0.15) is 0 Å². The lowest BCUT2D eigenvalue weighted by Gasteiger charge is -2.10. The van der Waals surface area contributed by atoms with Gasteiger partial charge in [-0.2, -0.15) is 0 Å². The molecule has 4 heteroatoms. The van der Waals surface area contributed by atoms with Crippen molar-refractivity contribution >= 4 is 5.97 Å². The molecule has 0 bridgehead atoms. The van der Waals surface area contributed by atoms with Crippen molar-refractivity contribution in [2.45, 2.75) is 96.7 Å². The van der Waals surface area contributed by atoms with E-state index in [1.165, 1.54) is 38.5 Å². The van der Waals surface area contributed by atoms with Crippen LogP contribution in [0.2, 0.25) is 0 Å². The Labute approximate surface area is 154 Å². The Morgan fingerprint density at radius 2 is 1.52 bits per heavy atom. The van der Waals surface area contributed by atoms with Gasteiger partial charge in [0.25, 0.3) is 0 Å². The summed E-state index contributed by atoms with van der Waals surface area (Å²) in [5, 5.41) is 17.8. The lowest BCUT2D eigenvalue weighted by molar-refractivity contribution is -0.169. The summed E-state index contributed by atoms with van der Waals surface area (Å²) in [5.41, 5.74) is 0. The molecule has 0 amide bonds. The number of esters is 1. The highest BCUT2D eigenvalue weighted by Crippen LogP contribution is 2.09. The highest BCUT2D eigenvalue weighted by atomic mass is 16.6. The van der Waals surface area contributed by atoms with E-state index in [1.807, 2.05) is 0 Å². The number of carbonyl (C=O) groups excluding carboxylic acids is 1. The van der Waals surface area contributed by atoms with Crippen molar-refractivity contribution in [3.05, 3.63) is 24.3 Å². The van der Waals surface area contributed by atoms with Crippen molar-refractivity contribution in [1.82, 2.24) is 0 Å². The molecule has 0 heterocycles. The fourth-order valence-electron chi connectivity index (χ4n) is 2.46. The SMILES string of the molecule is CCCCC/C=C\C/C=C\CCCCCCCC(=O)OC(O)CCO. The van der Waals surface area contributed by atoms with Gasteiger partial charge in [-0.1, -0.05) is 63.3 Å². The second kappa shape index (κ2) is 19.2. The van der Waals surface area contributed by atoms with Gasteiger partial charge >= 0.3 is 5.97 Å². The highest BCUT2D eigenvalue weighted by molar-refractivity contribution is 5.69. The average molecular weight is 355 g/mol. The molecule has 0 spiro atoms. The molecule has 0 saturated heterocycles. The maximum atomic E-state index is 11.4. The molecular weight excluding hydrogens is 316 g/mol. The Morgan fingerprint density at radius 1 is 0.920 bits per heavy atom. The van der Waals surface area contributed by atoms with Gasteiger partial charge in [-0.05, 0) is 38.5 Å². The first-order valence-electron chi connectivity index (χ1n) is 9.99. The summed E-state index contributed by atoms with van der Waals surface area (Å²) < 4.78 is 4.75. The highest BCUT2D eigenvalue weighted by Gasteiger charge is 2.09. The summed E-state index contributed by atoms with van der Waals surface area (Å²) >= 11 is 0. The van der Waals surface area contributed by atoms with Crippen LogP contribution >= 0.6 is 0 Å². The predicted molar refractivity (Wildman–Crippen MR) is 103 cm³/mol. The van der Waals surface area contributed by atoms with E-state index in [0.29, 0.717) is 6.42 Å². The monoisotopic (exact) mass is 354 g/mol. The van der Waals surface area contributed by atoms with Gasteiger partial charge in [-0.15, -0.1) is 0 Å². The van der Waals surface area contributed by atoms with E-state index < -0.39 is 6.29 Å². The third-order valence-corrected chi connectivity index (χ3v) is 3.98. The summed E-state index contributed by atoms with van der Waals surface area (Å²) in [7, 11) is 0. The topological polar surface area (TPSA) is 66.8 Å². The molecule has 146 valence electrons. The number of carbonyl (C=O) groups is 1. The van der Waals surface area contributed by atoms with E-state index in [0.717, 1.165) is 32.1 Å². The Bertz CT molecular complexity index is 350. The Morgan fingerprint density at radius 3 is 2.16 bits per heavy atom. The fraction of sp³-hybridized carbons (Fsp3) is 0.762. The maximum absolute atomic E-state index is 11.4. The minimum absolute atomic E-state index is 0.0773. The van der Waals surface area contributed by atoms with Gasteiger partial charge in [-0.3, -0.25) is 4.79 Å². The van der Waals surface area contributed by atoms with Crippen LogP contribution in [0.4, 0.5) is 0 Å². The molecular formula is C21H38O4. The zero-order valence-electron chi connectivity index (χ0n) is 16.0. The molecule has 0 aliphatic carbocycles. The number of aliphatic hydroxyl groups excluding tert-OH is 2. The molecule has 0 aliphatic rings. The minimum atomic E-state index is -1.17. The third-order valence-electron chi connectivity index (χ3n) is 3.98. The van der Waals surface area contributed by atoms with E-state index >= 15 is 0 Å². The number of ether oxygens (including phenoxy) is 1. The molecule has 0 aliphatic heterocycles. The van der Waals surface area contributed by atoms with Gasteiger partial charge in [0.2, 0.25) is 6.29 Å². The molecule has 0 aromatic carbocycles. The van der Waals surface area contributed by atoms with Crippen LogP contribution in [-0.4, -0.2) is 29.1 Å². The summed E-state index contributed by atoms with van der Waals surface area (Å²) in [6.45, 7) is 2.05. The lowest BCUT2D eigenvalue weighted by atomic mass is 10.1. The molecule has 2 N–H and O–H groups in total. The summed E-state index contributed by atoms with van der Waals surface area (Å²) in [5.74, 6) is -0.383. The largest absolute Gasteiger partial charge is 0.436 e. The van der Waals surface area contributed by atoms with Crippen molar-refractivity contribution in [1.29, 1.82) is 0 Å². The molecule has 0 saturated carbocycles. The second-order valence-electron chi connectivity index (χ2n) is 6.44. The van der Waals surface area contributed by atoms with Gasteiger partial charge < -0.3 is 14.9 Å². The summed E-state index contributed by atoms with van der Waals surface area (Å²) in [6, 6.07) is 0. The fourth-order valence-corrected chi connectivity index (χ4v) is 2.46. The molecule has 0 rings (SSSR count). The van der Waals surface area contributed by atoms with Crippen LogP contribution in [0.3, 0.4) is 0 Å². The molecule has 0 aromatic heterocycles. The van der Waals surface area contributed by atoms with Crippen LogP contribution in [-0.2, 0) is 9.53 Å². The quantitative estimate of drug-likeness (QED) is 0.166. The van der Waals surface area contributed by atoms with Crippen molar-refractivity contribution in [3.8, 4) is 0 Å². The smallest absolute Gasteiger partial charge is 0.308 e. The van der Waals surface area contributed by atoms with Crippen LogP contribution in [0.5, 0.6) is 0 Å². The summed E-state index contributed by atoms with van der Waals surface area (Å²) in [4.78, 5) is 11.4. The zero-order chi connectivity index (χ0) is 18.6. The van der Waals surface area contributed by atoms with E-state index in [4.69, 9.17) is 9.84 Å².